The van der Waals surface area contributed by atoms with Gasteiger partial charge in [-0.1, -0.05) is 38.0 Å². The van der Waals surface area contributed by atoms with E-state index in [9.17, 15) is 9.90 Å². The first-order valence-electron chi connectivity index (χ1n) is 12.4. The number of benzene rings is 1. The number of allylic oxidation sites excluding steroid dienone is 1. The van der Waals surface area contributed by atoms with E-state index in [0.717, 1.165) is 18.5 Å². The van der Waals surface area contributed by atoms with Gasteiger partial charge in [-0.15, -0.1) is 0 Å². The van der Waals surface area contributed by atoms with E-state index in [2.05, 4.69) is 24.8 Å². The zero-order valence-electron chi connectivity index (χ0n) is 20.5. The molecule has 0 radical (unpaired) electrons. The molecule has 1 aromatic rings. The second-order valence-corrected chi connectivity index (χ2v) is 10.3. The lowest BCUT2D eigenvalue weighted by atomic mass is 9.59. The lowest BCUT2D eigenvalue weighted by Gasteiger charge is -2.46. The molecule has 1 aromatic carbocycles. The molecule has 33 heavy (non-hydrogen) atoms. The van der Waals surface area contributed by atoms with E-state index in [1.807, 2.05) is 18.2 Å². The van der Waals surface area contributed by atoms with Gasteiger partial charge in [0, 0.05) is 32.2 Å². The molecule has 1 N–H and O–H groups in total. The van der Waals surface area contributed by atoms with Crippen LogP contribution in [0, 0.1) is 23.2 Å². The van der Waals surface area contributed by atoms with Crippen molar-refractivity contribution in [1.82, 2.24) is 4.90 Å². The van der Waals surface area contributed by atoms with E-state index in [1.165, 1.54) is 19.3 Å². The summed E-state index contributed by atoms with van der Waals surface area (Å²) in [5, 5.41) is 9.45. The number of rotatable bonds is 9. The molecule has 0 spiro atoms. The normalized spacial score (nSPS) is 31.0. The first-order valence-corrected chi connectivity index (χ1v) is 12.4. The van der Waals surface area contributed by atoms with Gasteiger partial charge in [0.15, 0.2) is 11.5 Å². The summed E-state index contributed by atoms with van der Waals surface area (Å²) in [6.45, 7) is 6.84. The highest BCUT2D eigenvalue weighted by atomic mass is 16.6. The van der Waals surface area contributed by atoms with Gasteiger partial charge in [-0.25, -0.2) is 0 Å². The van der Waals surface area contributed by atoms with Crippen LogP contribution in [0.25, 0.3) is 0 Å². The number of nitrogens with zero attached hydrogens (tertiary/aromatic N) is 1. The number of carbonyl (C=O) groups is 1. The maximum Gasteiger partial charge on any atom is 0.311 e. The molecule has 0 amide bonds. The number of hydrogen-bond acceptors (Lipinski definition) is 6. The molecule has 1 heterocycles. The van der Waals surface area contributed by atoms with Crippen LogP contribution in [0.4, 0.5) is 0 Å². The van der Waals surface area contributed by atoms with Gasteiger partial charge in [-0.05, 0) is 54.7 Å². The molecule has 4 rings (SSSR count). The van der Waals surface area contributed by atoms with Gasteiger partial charge in [0.25, 0.3) is 0 Å². The number of hydrogen-bond donors (Lipinski definition) is 1. The molecule has 1 saturated carbocycles. The molecule has 2 aliphatic carbocycles. The monoisotopic (exact) mass is 457 g/mol. The smallest absolute Gasteiger partial charge is 0.311 e. The summed E-state index contributed by atoms with van der Waals surface area (Å²) in [4.78, 5) is 15.3. The number of aliphatic hydroxyl groups excluding tert-OH is 1. The Balaban J connectivity index is 1.54. The van der Waals surface area contributed by atoms with Crippen molar-refractivity contribution < 1.29 is 24.1 Å². The molecule has 2 fully saturated rings. The standard InChI is InChI=1S/C27H39NO5/c1-18-7-5-10-27(2)15-25-20(14-22(18)27)21(26(30)33-25)17-28(11-6-12-29)16-19-8-9-23(31-3)24(13-19)32-4/h8-9,13-14,18,20-21,25,29H,5-7,10-12,15-17H2,1-4H3/t18-,20-,21-,25+,27-/m0/s1. The average Bonchev–Trinajstić information content (AvgIpc) is 3.09. The van der Waals surface area contributed by atoms with Crippen LogP contribution in [0.5, 0.6) is 11.5 Å². The topological polar surface area (TPSA) is 68.2 Å². The lowest BCUT2D eigenvalue weighted by molar-refractivity contribution is -0.145. The summed E-state index contributed by atoms with van der Waals surface area (Å²) < 4.78 is 16.8. The van der Waals surface area contributed by atoms with Gasteiger partial charge >= 0.3 is 5.97 Å². The number of fused-ring (bicyclic) bond motifs is 2. The average molecular weight is 458 g/mol. The largest absolute Gasteiger partial charge is 0.493 e. The molecular weight excluding hydrogens is 418 g/mol. The number of ether oxygens (including phenoxy) is 3. The van der Waals surface area contributed by atoms with Gasteiger partial charge in [-0.3, -0.25) is 9.69 Å². The molecule has 5 atom stereocenters. The molecule has 1 saturated heterocycles. The van der Waals surface area contributed by atoms with Crippen molar-refractivity contribution in [3.8, 4) is 11.5 Å². The van der Waals surface area contributed by atoms with E-state index in [-0.39, 0.29) is 35.9 Å². The Morgan fingerprint density at radius 1 is 1.24 bits per heavy atom. The number of esters is 1. The van der Waals surface area contributed by atoms with Gasteiger partial charge in [0.05, 0.1) is 20.1 Å². The van der Waals surface area contributed by atoms with E-state index in [1.54, 1.807) is 19.8 Å². The number of methoxy groups -OCH3 is 2. The molecule has 182 valence electrons. The minimum atomic E-state index is -0.167. The third kappa shape index (κ3) is 4.92. The first-order chi connectivity index (χ1) is 15.9. The highest BCUT2D eigenvalue weighted by Gasteiger charge is 2.51. The Morgan fingerprint density at radius 3 is 2.76 bits per heavy atom. The van der Waals surface area contributed by atoms with E-state index in [0.29, 0.717) is 36.9 Å². The molecule has 0 bridgehead atoms. The fourth-order valence-corrected chi connectivity index (χ4v) is 6.30. The quantitative estimate of drug-likeness (QED) is 0.443. The Hall–Kier alpha value is -2.05. The van der Waals surface area contributed by atoms with Crippen molar-refractivity contribution in [2.75, 3.05) is 33.9 Å². The Kier molecular flexibility index (Phi) is 7.34. The molecule has 0 unspecified atom stereocenters. The van der Waals surface area contributed by atoms with Crippen molar-refractivity contribution >= 4 is 5.97 Å². The van der Waals surface area contributed by atoms with Crippen molar-refractivity contribution in [3.63, 3.8) is 0 Å². The van der Waals surface area contributed by atoms with Gasteiger partial charge in [-0.2, -0.15) is 0 Å². The summed E-state index contributed by atoms with van der Waals surface area (Å²) in [5.74, 6) is 1.88. The Morgan fingerprint density at radius 2 is 2.03 bits per heavy atom. The van der Waals surface area contributed by atoms with Crippen LogP contribution < -0.4 is 9.47 Å². The summed E-state index contributed by atoms with van der Waals surface area (Å²) >= 11 is 0. The second kappa shape index (κ2) is 10.1. The fraction of sp³-hybridized carbons (Fsp3) is 0.667. The summed E-state index contributed by atoms with van der Waals surface area (Å²) in [7, 11) is 3.26. The van der Waals surface area contributed by atoms with Crippen LogP contribution in [-0.2, 0) is 16.1 Å². The third-order valence-electron chi connectivity index (χ3n) is 8.02. The molecule has 6 heteroatoms. The number of carbonyl (C=O) groups excluding carboxylic acids is 1. The van der Waals surface area contributed by atoms with Gasteiger partial charge < -0.3 is 19.3 Å². The minimum absolute atomic E-state index is 0.0117. The predicted molar refractivity (Wildman–Crippen MR) is 127 cm³/mol. The minimum Gasteiger partial charge on any atom is -0.493 e. The Labute approximate surface area is 197 Å². The van der Waals surface area contributed by atoms with E-state index >= 15 is 0 Å². The van der Waals surface area contributed by atoms with Crippen molar-refractivity contribution in [2.45, 2.75) is 58.6 Å². The third-order valence-corrected chi connectivity index (χ3v) is 8.02. The zero-order valence-corrected chi connectivity index (χ0v) is 20.5. The predicted octanol–water partition coefficient (Wildman–Crippen LogP) is 4.20. The Bertz CT molecular complexity index is 883. The molecule has 0 aromatic heterocycles. The SMILES string of the molecule is COc1ccc(CN(CCCO)C[C@@H]2C(=O)O[C@@H]3C[C@]4(C)CCC[C@H](C)C4=C[C@@H]23)cc1OC. The van der Waals surface area contributed by atoms with Crippen LogP contribution in [0.1, 0.15) is 51.5 Å². The zero-order chi connectivity index (χ0) is 23.6. The van der Waals surface area contributed by atoms with Crippen molar-refractivity contribution in [3.05, 3.63) is 35.4 Å². The lowest BCUT2D eigenvalue weighted by Crippen LogP contribution is -2.41. The maximum atomic E-state index is 13.0. The van der Waals surface area contributed by atoms with Crippen LogP contribution in [0.2, 0.25) is 0 Å². The van der Waals surface area contributed by atoms with Gasteiger partial charge in [0.2, 0.25) is 0 Å². The molecule has 1 aliphatic heterocycles. The van der Waals surface area contributed by atoms with Crippen molar-refractivity contribution in [1.29, 1.82) is 0 Å². The molecular formula is C27H39NO5. The first kappa shape index (κ1) is 24.1. The van der Waals surface area contributed by atoms with Crippen LogP contribution in [-0.4, -0.2) is 56.0 Å². The van der Waals surface area contributed by atoms with Crippen LogP contribution >= 0.6 is 0 Å². The van der Waals surface area contributed by atoms with Crippen LogP contribution in [0.3, 0.4) is 0 Å². The summed E-state index contributed by atoms with van der Waals surface area (Å²) in [6.07, 6.45) is 7.69. The highest BCUT2D eigenvalue weighted by molar-refractivity contribution is 5.76. The van der Waals surface area contributed by atoms with E-state index < -0.39 is 0 Å². The van der Waals surface area contributed by atoms with Gasteiger partial charge in [0.1, 0.15) is 6.10 Å². The fourth-order valence-electron chi connectivity index (χ4n) is 6.30. The summed E-state index contributed by atoms with van der Waals surface area (Å²) in [6, 6.07) is 5.92. The molecule has 6 nitrogen and oxygen atoms in total. The number of aliphatic hydroxyl groups is 1. The second-order valence-electron chi connectivity index (χ2n) is 10.3. The molecule has 3 aliphatic rings. The summed E-state index contributed by atoms with van der Waals surface area (Å²) in [5.41, 5.74) is 2.80. The van der Waals surface area contributed by atoms with Crippen LogP contribution in [0.15, 0.2) is 29.8 Å². The van der Waals surface area contributed by atoms with Crippen molar-refractivity contribution in [2.24, 2.45) is 23.2 Å². The van der Waals surface area contributed by atoms with E-state index in [4.69, 9.17) is 14.2 Å². The highest BCUT2D eigenvalue weighted by Crippen LogP contribution is 2.54. The maximum absolute atomic E-state index is 13.0.